The molecular weight excluding hydrogens is 360 g/mol. The SMILES string of the molecule is Cc1ccc(-c2csc(NC(=O)c3cncn3-c3ccccn3)n2)nc1C. The molecule has 8 heteroatoms. The van der Waals surface area contributed by atoms with Crippen molar-refractivity contribution in [1.29, 1.82) is 0 Å². The molecule has 0 spiro atoms. The summed E-state index contributed by atoms with van der Waals surface area (Å²) in [4.78, 5) is 30.0. The molecule has 4 heterocycles. The average Bonchev–Trinajstić information content (AvgIpc) is 3.34. The fraction of sp³-hybridized carbons (Fsp3) is 0.105. The van der Waals surface area contributed by atoms with Gasteiger partial charge >= 0.3 is 0 Å². The minimum absolute atomic E-state index is 0.299. The van der Waals surface area contributed by atoms with E-state index in [0.29, 0.717) is 16.6 Å². The van der Waals surface area contributed by atoms with Crippen molar-refractivity contribution in [2.75, 3.05) is 5.32 Å². The maximum Gasteiger partial charge on any atom is 0.276 e. The number of carbonyl (C=O) groups is 1. The van der Waals surface area contributed by atoms with Gasteiger partial charge in [0, 0.05) is 17.3 Å². The van der Waals surface area contributed by atoms with Gasteiger partial charge in [-0.1, -0.05) is 12.1 Å². The number of imidazole rings is 1. The number of thiazole rings is 1. The van der Waals surface area contributed by atoms with Gasteiger partial charge in [-0.2, -0.15) is 0 Å². The summed E-state index contributed by atoms with van der Waals surface area (Å²) >= 11 is 1.35. The van der Waals surface area contributed by atoms with Crippen LogP contribution >= 0.6 is 11.3 Å². The fourth-order valence-electron chi connectivity index (χ4n) is 2.53. The van der Waals surface area contributed by atoms with Crippen LogP contribution in [0.1, 0.15) is 21.7 Å². The fourth-order valence-corrected chi connectivity index (χ4v) is 3.22. The van der Waals surface area contributed by atoms with Gasteiger partial charge < -0.3 is 0 Å². The predicted octanol–water partition coefficient (Wildman–Crippen LogP) is 3.65. The molecule has 0 fully saturated rings. The van der Waals surface area contributed by atoms with Gasteiger partial charge in [-0.05, 0) is 37.6 Å². The van der Waals surface area contributed by atoms with Gasteiger partial charge in [0.2, 0.25) is 0 Å². The van der Waals surface area contributed by atoms with Crippen molar-refractivity contribution in [3.05, 3.63) is 71.4 Å². The third kappa shape index (κ3) is 3.47. The normalized spacial score (nSPS) is 10.7. The van der Waals surface area contributed by atoms with E-state index in [2.05, 4.69) is 25.3 Å². The number of nitrogens with one attached hydrogen (secondary N) is 1. The Balaban J connectivity index is 1.56. The molecular formula is C19H16N6OS. The first-order chi connectivity index (χ1) is 13.1. The Hall–Kier alpha value is -3.39. The van der Waals surface area contributed by atoms with Crippen LogP contribution in [0.15, 0.2) is 54.4 Å². The molecule has 0 aliphatic heterocycles. The quantitative estimate of drug-likeness (QED) is 0.587. The van der Waals surface area contributed by atoms with Crippen molar-refractivity contribution in [2.45, 2.75) is 13.8 Å². The number of rotatable bonds is 4. The number of carbonyl (C=O) groups excluding carboxylic acids is 1. The summed E-state index contributed by atoms with van der Waals surface area (Å²) in [6.45, 7) is 3.98. The Morgan fingerprint density at radius 3 is 2.78 bits per heavy atom. The van der Waals surface area contributed by atoms with Gasteiger partial charge in [0.25, 0.3) is 5.91 Å². The molecule has 0 saturated heterocycles. The van der Waals surface area contributed by atoms with Gasteiger partial charge in [0.05, 0.1) is 11.9 Å². The molecule has 4 aromatic heterocycles. The van der Waals surface area contributed by atoms with Crippen molar-refractivity contribution < 1.29 is 4.79 Å². The standard InChI is InChI=1S/C19H16N6OS/c1-12-6-7-14(22-13(12)2)15-10-27-19(23-15)24-18(26)16-9-20-11-25(16)17-5-3-4-8-21-17/h3-11H,1-2H3,(H,23,24,26). The summed E-state index contributed by atoms with van der Waals surface area (Å²) in [6.07, 6.45) is 4.73. The van der Waals surface area contributed by atoms with Gasteiger partial charge in [0.15, 0.2) is 5.13 Å². The van der Waals surface area contributed by atoms with Crippen LogP contribution in [0.5, 0.6) is 0 Å². The van der Waals surface area contributed by atoms with Crippen molar-refractivity contribution in [3.8, 4) is 17.2 Å². The second-order valence-corrected chi connectivity index (χ2v) is 6.79. The maximum absolute atomic E-state index is 12.7. The van der Waals surface area contributed by atoms with Crippen LogP contribution in [-0.2, 0) is 0 Å². The minimum atomic E-state index is -0.299. The zero-order valence-corrected chi connectivity index (χ0v) is 15.6. The number of anilines is 1. The van der Waals surface area contributed by atoms with Crippen LogP contribution in [0.2, 0.25) is 0 Å². The number of hydrogen-bond acceptors (Lipinski definition) is 6. The van der Waals surface area contributed by atoms with Crippen LogP contribution in [0.4, 0.5) is 5.13 Å². The average molecular weight is 376 g/mol. The molecule has 27 heavy (non-hydrogen) atoms. The Bertz CT molecular complexity index is 1100. The Kier molecular flexibility index (Phi) is 4.47. The first-order valence-corrected chi connectivity index (χ1v) is 9.15. The monoisotopic (exact) mass is 376 g/mol. The zero-order chi connectivity index (χ0) is 18.8. The van der Waals surface area contributed by atoms with E-state index in [-0.39, 0.29) is 5.91 Å². The summed E-state index contributed by atoms with van der Waals surface area (Å²) in [7, 11) is 0. The summed E-state index contributed by atoms with van der Waals surface area (Å²) in [6, 6.07) is 9.43. The van der Waals surface area contributed by atoms with E-state index >= 15 is 0 Å². The number of amides is 1. The highest BCUT2D eigenvalue weighted by Crippen LogP contribution is 2.25. The molecule has 0 atom stereocenters. The second-order valence-electron chi connectivity index (χ2n) is 5.93. The van der Waals surface area contributed by atoms with Crippen LogP contribution in [-0.4, -0.2) is 30.4 Å². The molecule has 0 aliphatic carbocycles. The topological polar surface area (TPSA) is 85.6 Å². The predicted molar refractivity (Wildman–Crippen MR) is 104 cm³/mol. The van der Waals surface area contributed by atoms with Crippen molar-refractivity contribution >= 4 is 22.4 Å². The highest BCUT2D eigenvalue weighted by molar-refractivity contribution is 7.14. The maximum atomic E-state index is 12.7. The van der Waals surface area contributed by atoms with Crippen LogP contribution in [0.3, 0.4) is 0 Å². The number of hydrogen-bond donors (Lipinski definition) is 1. The van der Waals surface area contributed by atoms with Crippen LogP contribution in [0, 0.1) is 13.8 Å². The first kappa shape index (κ1) is 17.0. The highest BCUT2D eigenvalue weighted by Gasteiger charge is 2.16. The van der Waals surface area contributed by atoms with Gasteiger partial charge in [0.1, 0.15) is 23.5 Å². The molecule has 0 radical (unpaired) electrons. The van der Waals surface area contributed by atoms with E-state index in [9.17, 15) is 4.79 Å². The number of nitrogens with zero attached hydrogens (tertiary/aromatic N) is 5. The van der Waals surface area contributed by atoms with E-state index < -0.39 is 0 Å². The Morgan fingerprint density at radius 2 is 2.00 bits per heavy atom. The summed E-state index contributed by atoms with van der Waals surface area (Å²) < 4.78 is 1.63. The lowest BCUT2D eigenvalue weighted by Gasteiger charge is -2.06. The van der Waals surface area contributed by atoms with Gasteiger partial charge in [-0.3, -0.25) is 19.7 Å². The van der Waals surface area contributed by atoms with Crippen LogP contribution in [0.25, 0.3) is 17.2 Å². The second kappa shape index (κ2) is 7.08. The third-order valence-corrected chi connectivity index (χ3v) is 4.86. The molecule has 0 bridgehead atoms. The Labute approximate surface area is 159 Å². The van der Waals surface area contributed by atoms with Crippen molar-refractivity contribution in [3.63, 3.8) is 0 Å². The lowest BCUT2D eigenvalue weighted by Crippen LogP contribution is -2.16. The van der Waals surface area contributed by atoms with Crippen molar-refractivity contribution in [2.24, 2.45) is 0 Å². The smallest absolute Gasteiger partial charge is 0.276 e. The largest absolute Gasteiger partial charge is 0.296 e. The molecule has 7 nitrogen and oxygen atoms in total. The van der Waals surface area contributed by atoms with E-state index in [4.69, 9.17) is 0 Å². The molecule has 0 saturated carbocycles. The van der Waals surface area contributed by atoms with Gasteiger partial charge in [-0.15, -0.1) is 11.3 Å². The van der Waals surface area contributed by atoms with Crippen molar-refractivity contribution in [1.82, 2.24) is 24.5 Å². The third-order valence-electron chi connectivity index (χ3n) is 4.10. The van der Waals surface area contributed by atoms with E-state index in [1.165, 1.54) is 17.5 Å². The van der Waals surface area contributed by atoms with E-state index in [1.807, 2.05) is 49.6 Å². The summed E-state index contributed by atoms with van der Waals surface area (Å²) in [5.41, 5.74) is 4.00. The highest BCUT2D eigenvalue weighted by atomic mass is 32.1. The molecule has 0 unspecified atom stereocenters. The Morgan fingerprint density at radius 1 is 1.11 bits per heavy atom. The zero-order valence-electron chi connectivity index (χ0n) is 14.7. The minimum Gasteiger partial charge on any atom is -0.296 e. The lowest BCUT2D eigenvalue weighted by atomic mass is 10.2. The molecule has 4 aromatic rings. The molecule has 1 amide bonds. The number of aryl methyl sites for hydroxylation is 2. The molecule has 0 aliphatic rings. The summed E-state index contributed by atoms with van der Waals surface area (Å²) in [5, 5.41) is 5.20. The molecule has 0 aromatic carbocycles. The van der Waals surface area contributed by atoms with E-state index in [1.54, 1.807) is 17.1 Å². The first-order valence-electron chi connectivity index (χ1n) is 8.27. The lowest BCUT2D eigenvalue weighted by molar-refractivity contribution is 0.102. The molecule has 134 valence electrons. The molecule has 4 rings (SSSR count). The van der Waals surface area contributed by atoms with Gasteiger partial charge in [-0.25, -0.2) is 15.0 Å². The molecule has 1 N–H and O–H groups in total. The summed E-state index contributed by atoms with van der Waals surface area (Å²) in [5.74, 6) is 0.325. The number of aromatic nitrogens is 5. The van der Waals surface area contributed by atoms with E-state index in [0.717, 1.165) is 22.6 Å². The number of pyridine rings is 2. The van der Waals surface area contributed by atoms with Crippen LogP contribution < -0.4 is 5.32 Å².